The van der Waals surface area contributed by atoms with E-state index in [-0.39, 0.29) is 10.7 Å². The van der Waals surface area contributed by atoms with Gasteiger partial charge >= 0.3 is 0 Å². The molecule has 1 aromatic carbocycles. The van der Waals surface area contributed by atoms with Crippen LogP contribution in [0.15, 0.2) is 34.8 Å². The molecule has 0 atom stereocenters. The summed E-state index contributed by atoms with van der Waals surface area (Å²) in [4.78, 5) is 16.0. The zero-order valence-electron chi connectivity index (χ0n) is 9.95. The lowest BCUT2D eigenvalue weighted by Gasteiger charge is -2.08. The van der Waals surface area contributed by atoms with Crippen molar-refractivity contribution in [3.63, 3.8) is 0 Å². The first-order valence-electron chi connectivity index (χ1n) is 5.41. The number of pyridine rings is 1. The molecule has 0 saturated heterocycles. The second-order valence-corrected chi connectivity index (χ2v) is 5.02. The molecule has 0 aliphatic rings. The fourth-order valence-electron chi connectivity index (χ4n) is 1.45. The van der Waals surface area contributed by atoms with E-state index in [0.29, 0.717) is 16.0 Å². The third-order valence-electron chi connectivity index (χ3n) is 2.39. The summed E-state index contributed by atoms with van der Waals surface area (Å²) in [7, 11) is 0. The lowest BCUT2D eigenvalue weighted by Crippen LogP contribution is -2.17. The standard InChI is InChI=1S/C12H9BrClFN4O/c13-7-2-1-6(5-9(7)15)17-12(20)11-8(14)3-4-10(18-11)19-16/h1-5H,16H2,(H,17,20)(H,18,19). The van der Waals surface area contributed by atoms with Crippen LogP contribution in [0.25, 0.3) is 0 Å². The molecular weight excluding hydrogens is 351 g/mol. The minimum absolute atomic E-state index is 0.00885. The molecule has 0 spiro atoms. The second kappa shape index (κ2) is 6.17. The zero-order chi connectivity index (χ0) is 14.7. The number of nitrogens with zero attached hydrogens (tertiary/aromatic N) is 1. The molecule has 5 nitrogen and oxygen atoms in total. The Morgan fingerprint density at radius 2 is 2.10 bits per heavy atom. The van der Waals surface area contributed by atoms with Gasteiger partial charge in [-0.1, -0.05) is 11.6 Å². The number of aromatic nitrogens is 1. The summed E-state index contributed by atoms with van der Waals surface area (Å²) in [5, 5.41) is 2.67. The zero-order valence-corrected chi connectivity index (χ0v) is 12.3. The van der Waals surface area contributed by atoms with Crippen LogP contribution in [0.2, 0.25) is 5.02 Å². The van der Waals surface area contributed by atoms with E-state index < -0.39 is 11.7 Å². The maximum atomic E-state index is 13.4. The lowest BCUT2D eigenvalue weighted by atomic mass is 10.3. The molecule has 0 radical (unpaired) electrons. The first-order valence-corrected chi connectivity index (χ1v) is 6.58. The molecule has 0 unspecified atom stereocenters. The number of nitrogens with two attached hydrogens (primary N) is 1. The van der Waals surface area contributed by atoms with Gasteiger partial charge < -0.3 is 10.7 Å². The summed E-state index contributed by atoms with van der Waals surface area (Å²) in [5.41, 5.74) is 2.60. The van der Waals surface area contributed by atoms with Gasteiger partial charge in [0.05, 0.1) is 9.50 Å². The minimum Gasteiger partial charge on any atom is -0.321 e. The van der Waals surface area contributed by atoms with Crippen molar-refractivity contribution >= 4 is 44.9 Å². The van der Waals surface area contributed by atoms with Crippen LogP contribution >= 0.6 is 27.5 Å². The second-order valence-electron chi connectivity index (χ2n) is 3.75. The van der Waals surface area contributed by atoms with Crippen molar-refractivity contribution in [2.75, 3.05) is 10.7 Å². The first kappa shape index (κ1) is 14.7. The van der Waals surface area contributed by atoms with E-state index in [1.54, 1.807) is 6.07 Å². The number of halogens is 3. The van der Waals surface area contributed by atoms with Gasteiger partial charge in [-0.2, -0.15) is 0 Å². The van der Waals surface area contributed by atoms with Crippen molar-refractivity contribution in [3.05, 3.63) is 51.3 Å². The van der Waals surface area contributed by atoms with Crippen molar-refractivity contribution in [3.8, 4) is 0 Å². The van der Waals surface area contributed by atoms with Gasteiger partial charge in [0.25, 0.3) is 5.91 Å². The van der Waals surface area contributed by atoms with Crippen molar-refractivity contribution in [2.24, 2.45) is 5.84 Å². The Morgan fingerprint density at radius 3 is 2.75 bits per heavy atom. The molecule has 0 saturated carbocycles. The average molecular weight is 360 g/mol. The van der Waals surface area contributed by atoms with Crippen molar-refractivity contribution in [1.82, 2.24) is 4.98 Å². The van der Waals surface area contributed by atoms with Gasteiger partial charge in [0.15, 0.2) is 0 Å². The SMILES string of the molecule is NNc1ccc(Cl)c(C(=O)Nc2ccc(Br)c(F)c2)n1. The molecule has 2 rings (SSSR count). The Morgan fingerprint density at radius 1 is 1.35 bits per heavy atom. The van der Waals surface area contributed by atoms with Crippen molar-refractivity contribution in [1.29, 1.82) is 0 Å². The largest absolute Gasteiger partial charge is 0.321 e. The Kier molecular flexibility index (Phi) is 4.53. The lowest BCUT2D eigenvalue weighted by molar-refractivity contribution is 0.102. The predicted molar refractivity (Wildman–Crippen MR) is 79.1 cm³/mol. The van der Waals surface area contributed by atoms with Crippen LogP contribution in [-0.2, 0) is 0 Å². The summed E-state index contributed by atoms with van der Waals surface area (Å²) < 4.78 is 13.7. The summed E-state index contributed by atoms with van der Waals surface area (Å²) in [6.07, 6.45) is 0. The smallest absolute Gasteiger partial charge is 0.275 e. The highest BCUT2D eigenvalue weighted by Crippen LogP contribution is 2.21. The van der Waals surface area contributed by atoms with E-state index in [1.165, 1.54) is 24.3 Å². The maximum absolute atomic E-state index is 13.4. The number of nitrogen functional groups attached to an aromatic ring is 1. The maximum Gasteiger partial charge on any atom is 0.275 e. The van der Waals surface area contributed by atoms with E-state index in [4.69, 9.17) is 17.4 Å². The van der Waals surface area contributed by atoms with E-state index in [0.717, 1.165) is 0 Å². The van der Waals surface area contributed by atoms with Crippen molar-refractivity contribution in [2.45, 2.75) is 0 Å². The van der Waals surface area contributed by atoms with Crippen LogP contribution in [0.4, 0.5) is 15.9 Å². The van der Waals surface area contributed by atoms with Gasteiger partial charge in [-0.05, 0) is 46.3 Å². The molecule has 0 aliphatic carbocycles. The number of carbonyl (C=O) groups excluding carboxylic acids is 1. The third kappa shape index (κ3) is 3.24. The van der Waals surface area contributed by atoms with Gasteiger partial charge in [-0.3, -0.25) is 4.79 Å². The highest BCUT2D eigenvalue weighted by Gasteiger charge is 2.14. The number of hydrazine groups is 1. The summed E-state index contributed by atoms with van der Waals surface area (Å²) in [5.74, 6) is 4.46. The number of rotatable bonds is 3. The highest BCUT2D eigenvalue weighted by atomic mass is 79.9. The summed E-state index contributed by atoms with van der Waals surface area (Å²) >= 11 is 8.92. The monoisotopic (exact) mass is 358 g/mol. The number of hydrogen-bond acceptors (Lipinski definition) is 4. The Bertz CT molecular complexity index is 668. The molecule has 0 aliphatic heterocycles. The highest BCUT2D eigenvalue weighted by molar-refractivity contribution is 9.10. The quantitative estimate of drug-likeness (QED) is 0.581. The summed E-state index contributed by atoms with van der Waals surface area (Å²) in [6.45, 7) is 0. The van der Waals surface area contributed by atoms with Gasteiger partial charge in [0.1, 0.15) is 17.3 Å². The van der Waals surface area contributed by atoms with Crippen LogP contribution in [0, 0.1) is 5.82 Å². The van der Waals surface area contributed by atoms with E-state index in [2.05, 4.69) is 31.7 Å². The number of benzene rings is 1. The third-order valence-corrected chi connectivity index (χ3v) is 3.33. The van der Waals surface area contributed by atoms with Gasteiger partial charge in [0.2, 0.25) is 0 Å². The van der Waals surface area contributed by atoms with Crippen LogP contribution in [0.1, 0.15) is 10.5 Å². The molecular formula is C12H9BrClFN4O. The van der Waals surface area contributed by atoms with E-state index in [9.17, 15) is 9.18 Å². The fraction of sp³-hybridized carbons (Fsp3) is 0. The molecule has 2 aromatic rings. The molecule has 0 fully saturated rings. The number of anilines is 2. The Labute approximate surface area is 127 Å². The first-order chi connectivity index (χ1) is 9.51. The molecule has 4 N–H and O–H groups in total. The number of amides is 1. The number of carbonyl (C=O) groups is 1. The van der Waals surface area contributed by atoms with E-state index in [1.807, 2.05) is 0 Å². The summed E-state index contributed by atoms with van der Waals surface area (Å²) in [6, 6.07) is 7.22. The average Bonchev–Trinajstić information content (AvgIpc) is 2.43. The molecule has 1 aromatic heterocycles. The number of hydrogen-bond donors (Lipinski definition) is 3. The number of nitrogens with one attached hydrogen (secondary N) is 2. The molecule has 8 heteroatoms. The Balaban J connectivity index is 2.25. The molecule has 20 heavy (non-hydrogen) atoms. The van der Waals surface area contributed by atoms with Gasteiger partial charge in [0, 0.05) is 5.69 Å². The minimum atomic E-state index is -0.561. The fourth-order valence-corrected chi connectivity index (χ4v) is 1.88. The van der Waals surface area contributed by atoms with Crippen LogP contribution in [-0.4, -0.2) is 10.9 Å². The van der Waals surface area contributed by atoms with Crippen LogP contribution < -0.4 is 16.6 Å². The topological polar surface area (TPSA) is 80.0 Å². The van der Waals surface area contributed by atoms with Gasteiger partial charge in [-0.15, -0.1) is 0 Å². The van der Waals surface area contributed by atoms with Crippen LogP contribution in [0.3, 0.4) is 0 Å². The normalized spacial score (nSPS) is 10.2. The van der Waals surface area contributed by atoms with E-state index >= 15 is 0 Å². The Hall–Kier alpha value is -1.70. The molecule has 104 valence electrons. The molecule has 1 amide bonds. The van der Waals surface area contributed by atoms with Crippen molar-refractivity contribution < 1.29 is 9.18 Å². The predicted octanol–water partition coefficient (Wildman–Crippen LogP) is 3.17. The van der Waals surface area contributed by atoms with Crippen LogP contribution in [0.5, 0.6) is 0 Å². The molecule has 1 heterocycles. The van der Waals surface area contributed by atoms with Gasteiger partial charge in [-0.25, -0.2) is 15.2 Å². The molecule has 0 bridgehead atoms.